The van der Waals surface area contributed by atoms with Crippen molar-refractivity contribution in [3.05, 3.63) is 41.6 Å². The number of fused-ring (bicyclic) bond motifs is 1. The van der Waals surface area contributed by atoms with Gasteiger partial charge in [-0.25, -0.2) is 9.97 Å². The summed E-state index contributed by atoms with van der Waals surface area (Å²) in [7, 11) is 0. The number of nitrogens with zero attached hydrogens (tertiary/aromatic N) is 2. The topological polar surface area (TPSA) is 51.8 Å². The van der Waals surface area contributed by atoms with Crippen molar-refractivity contribution < 1.29 is 0 Å². The Balaban J connectivity index is 2.19. The zero-order valence-corrected chi connectivity index (χ0v) is 9.69. The van der Waals surface area contributed by atoms with Crippen LogP contribution in [0.25, 0.3) is 11.3 Å². The largest absolute Gasteiger partial charge is 0.368 e. The molecule has 3 nitrogen and oxygen atoms in total. The van der Waals surface area contributed by atoms with Gasteiger partial charge in [-0.1, -0.05) is 30.3 Å². The number of hydrogen-bond acceptors (Lipinski definition) is 3. The normalized spacial score (nSPS) is 14.4. The summed E-state index contributed by atoms with van der Waals surface area (Å²) in [6.07, 6.45) is 4.53. The number of nitrogens with two attached hydrogens (primary N) is 1. The standard InChI is InChI=1S/C14H15N3/c15-14-16-12-9-5-4-8-11(12)13(17-14)10-6-2-1-3-7-10/h1-3,6-7H,4-5,8-9H2,(H2,15,16,17). The first-order valence-corrected chi connectivity index (χ1v) is 6.05. The molecular formula is C14H15N3. The van der Waals surface area contributed by atoms with Gasteiger partial charge in [0.25, 0.3) is 0 Å². The fourth-order valence-electron chi connectivity index (χ4n) is 2.45. The summed E-state index contributed by atoms with van der Waals surface area (Å²) in [5.41, 5.74) is 10.4. The van der Waals surface area contributed by atoms with E-state index in [1.165, 1.54) is 18.4 Å². The highest BCUT2D eigenvalue weighted by molar-refractivity contribution is 5.65. The Kier molecular flexibility index (Phi) is 2.52. The Morgan fingerprint density at radius 1 is 0.941 bits per heavy atom. The Labute approximate surface area is 101 Å². The molecule has 0 aliphatic heterocycles. The lowest BCUT2D eigenvalue weighted by Crippen LogP contribution is -2.11. The first kappa shape index (κ1) is 10.3. The van der Waals surface area contributed by atoms with Crippen LogP contribution in [-0.2, 0) is 12.8 Å². The Bertz CT molecular complexity index is 535. The molecule has 0 atom stereocenters. The maximum absolute atomic E-state index is 5.80. The molecule has 3 heteroatoms. The minimum Gasteiger partial charge on any atom is -0.368 e. The smallest absolute Gasteiger partial charge is 0.220 e. The van der Waals surface area contributed by atoms with Gasteiger partial charge in [0.1, 0.15) is 0 Å². The van der Waals surface area contributed by atoms with E-state index in [-0.39, 0.29) is 0 Å². The second-order valence-electron chi connectivity index (χ2n) is 4.43. The number of aryl methyl sites for hydroxylation is 1. The van der Waals surface area contributed by atoms with Crippen molar-refractivity contribution in [1.29, 1.82) is 0 Å². The van der Waals surface area contributed by atoms with Crippen LogP contribution in [0.2, 0.25) is 0 Å². The fraction of sp³-hybridized carbons (Fsp3) is 0.286. The molecule has 0 radical (unpaired) electrons. The van der Waals surface area contributed by atoms with E-state index in [0.717, 1.165) is 29.8 Å². The molecule has 3 rings (SSSR count). The van der Waals surface area contributed by atoms with Crippen LogP contribution < -0.4 is 5.73 Å². The minimum absolute atomic E-state index is 0.393. The molecule has 1 aliphatic carbocycles. The average Bonchev–Trinajstić information content (AvgIpc) is 2.39. The van der Waals surface area contributed by atoms with Crippen LogP contribution in [0.4, 0.5) is 5.95 Å². The van der Waals surface area contributed by atoms with Gasteiger partial charge in [0.2, 0.25) is 5.95 Å². The highest BCUT2D eigenvalue weighted by Gasteiger charge is 2.17. The van der Waals surface area contributed by atoms with E-state index in [2.05, 4.69) is 22.1 Å². The maximum Gasteiger partial charge on any atom is 0.220 e. The van der Waals surface area contributed by atoms with E-state index in [1.54, 1.807) is 0 Å². The van der Waals surface area contributed by atoms with E-state index in [0.29, 0.717) is 5.95 Å². The van der Waals surface area contributed by atoms with Crippen molar-refractivity contribution in [2.75, 3.05) is 5.73 Å². The Morgan fingerprint density at radius 2 is 1.71 bits per heavy atom. The Morgan fingerprint density at radius 3 is 2.53 bits per heavy atom. The number of aromatic nitrogens is 2. The van der Waals surface area contributed by atoms with Gasteiger partial charge in [0, 0.05) is 16.8 Å². The predicted molar refractivity (Wildman–Crippen MR) is 68.5 cm³/mol. The molecule has 1 heterocycles. The van der Waals surface area contributed by atoms with Gasteiger partial charge in [0.05, 0.1) is 5.69 Å². The van der Waals surface area contributed by atoms with E-state index in [4.69, 9.17) is 5.73 Å². The molecule has 1 aromatic carbocycles. The maximum atomic E-state index is 5.80. The average molecular weight is 225 g/mol. The molecule has 0 fully saturated rings. The van der Waals surface area contributed by atoms with Crippen LogP contribution in [0, 0.1) is 0 Å². The van der Waals surface area contributed by atoms with Crippen molar-refractivity contribution in [2.45, 2.75) is 25.7 Å². The van der Waals surface area contributed by atoms with Gasteiger partial charge >= 0.3 is 0 Å². The van der Waals surface area contributed by atoms with Gasteiger partial charge in [-0.05, 0) is 25.7 Å². The van der Waals surface area contributed by atoms with Gasteiger partial charge in [-0.3, -0.25) is 0 Å². The van der Waals surface area contributed by atoms with E-state index in [9.17, 15) is 0 Å². The van der Waals surface area contributed by atoms with E-state index >= 15 is 0 Å². The van der Waals surface area contributed by atoms with E-state index in [1.807, 2.05) is 18.2 Å². The van der Waals surface area contributed by atoms with Crippen LogP contribution in [0.15, 0.2) is 30.3 Å². The molecule has 1 aliphatic rings. The molecule has 0 spiro atoms. The predicted octanol–water partition coefficient (Wildman–Crippen LogP) is 2.60. The molecule has 0 saturated heterocycles. The number of anilines is 1. The summed E-state index contributed by atoms with van der Waals surface area (Å²) in [4.78, 5) is 8.79. The number of hydrogen-bond donors (Lipinski definition) is 1. The second kappa shape index (κ2) is 4.17. The molecule has 0 bridgehead atoms. The Hall–Kier alpha value is -1.90. The van der Waals surface area contributed by atoms with Crippen LogP contribution in [-0.4, -0.2) is 9.97 Å². The summed E-state index contributed by atoms with van der Waals surface area (Å²) in [5.74, 6) is 0.393. The molecule has 2 aromatic rings. The monoisotopic (exact) mass is 225 g/mol. The van der Waals surface area contributed by atoms with Gasteiger partial charge in [0.15, 0.2) is 0 Å². The summed E-state index contributed by atoms with van der Waals surface area (Å²) >= 11 is 0. The summed E-state index contributed by atoms with van der Waals surface area (Å²) in [6, 6.07) is 10.2. The molecule has 0 unspecified atom stereocenters. The van der Waals surface area contributed by atoms with Crippen molar-refractivity contribution >= 4 is 5.95 Å². The first-order valence-electron chi connectivity index (χ1n) is 6.05. The van der Waals surface area contributed by atoms with Gasteiger partial charge in [-0.15, -0.1) is 0 Å². The number of nitrogen functional groups attached to an aromatic ring is 1. The van der Waals surface area contributed by atoms with Gasteiger partial charge in [-0.2, -0.15) is 0 Å². The third kappa shape index (κ3) is 1.88. The molecular weight excluding hydrogens is 210 g/mol. The van der Waals surface area contributed by atoms with Crippen LogP contribution in [0.5, 0.6) is 0 Å². The van der Waals surface area contributed by atoms with Crippen LogP contribution in [0.1, 0.15) is 24.1 Å². The van der Waals surface area contributed by atoms with E-state index < -0.39 is 0 Å². The minimum atomic E-state index is 0.393. The van der Waals surface area contributed by atoms with Crippen LogP contribution in [0.3, 0.4) is 0 Å². The highest BCUT2D eigenvalue weighted by atomic mass is 15.0. The lowest BCUT2D eigenvalue weighted by Gasteiger charge is -2.18. The second-order valence-corrected chi connectivity index (χ2v) is 4.43. The molecule has 1 aromatic heterocycles. The summed E-state index contributed by atoms with van der Waals surface area (Å²) in [5, 5.41) is 0. The number of rotatable bonds is 1. The van der Waals surface area contributed by atoms with Crippen molar-refractivity contribution in [2.24, 2.45) is 0 Å². The molecule has 0 amide bonds. The van der Waals surface area contributed by atoms with Crippen LogP contribution >= 0.6 is 0 Å². The first-order chi connectivity index (χ1) is 8.34. The lowest BCUT2D eigenvalue weighted by molar-refractivity contribution is 0.665. The fourth-order valence-corrected chi connectivity index (χ4v) is 2.45. The summed E-state index contributed by atoms with van der Waals surface area (Å²) < 4.78 is 0. The SMILES string of the molecule is Nc1nc2c(c(-c3ccccc3)n1)CCCC2. The quantitative estimate of drug-likeness (QED) is 0.811. The third-order valence-corrected chi connectivity index (χ3v) is 3.25. The zero-order valence-electron chi connectivity index (χ0n) is 9.69. The molecule has 0 saturated carbocycles. The zero-order chi connectivity index (χ0) is 11.7. The molecule has 2 N–H and O–H groups in total. The summed E-state index contributed by atoms with van der Waals surface area (Å²) in [6.45, 7) is 0. The lowest BCUT2D eigenvalue weighted by atomic mass is 9.92. The van der Waals surface area contributed by atoms with Crippen molar-refractivity contribution in [3.8, 4) is 11.3 Å². The molecule has 17 heavy (non-hydrogen) atoms. The third-order valence-electron chi connectivity index (χ3n) is 3.25. The molecule has 86 valence electrons. The van der Waals surface area contributed by atoms with Crippen molar-refractivity contribution in [3.63, 3.8) is 0 Å². The number of benzene rings is 1. The highest BCUT2D eigenvalue weighted by Crippen LogP contribution is 2.29. The van der Waals surface area contributed by atoms with Gasteiger partial charge < -0.3 is 5.73 Å². The van der Waals surface area contributed by atoms with Crippen molar-refractivity contribution in [1.82, 2.24) is 9.97 Å².